The molecule has 0 aliphatic heterocycles. The van der Waals surface area contributed by atoms with Crippen LogP contribution in [0, 0.1) is 0 Å². The maximum Gasteiger partial charge on any atom is 0.322 e. The number of carboxylic acids is 1. The zero-order chi connectivity index (χ0) is 18.5. The first-order valence-electron chi connectivity index (χ1n) is 7.79. The van der Waals surface area contributed by atoms with E-state index in [1.807, 2.05) is 6.07 Å². The fourth-order valence-corrected chi connectivity index (χ4v) is 2.49. The Morgan fingerprint density at radius 3 is 2.58 bits per heavy atom. The summed E-state index contributed by atoms with van der Waals surface area (Å²) < 4.78 is 22.9. The van der Waals surface area contributed by atoms with E-state index in [9.17, 15) is 9.00 Å². The van der Waals surface area contributed by atoms with Crippen LogP contribution < -0.4 is 16.2 Å². The molecular weight excluding hydrogens is 360 g/mol. The van der Waals surface area contributed by atoms with E-state index in [0.717, 1.165) is 18.5 Å². The molecule has 1 saturated carbocycles. The highest BCUT2D eigenvalue weighted by Crippen LogP contribution is 2.39. The van der Waals surface area contributed by atoms with Crippen molar-refractivity contribution in [1.29, 1.82) is 0 Å². The van der Waals surface area contributed by atoms with E-state index in [2.05, 4.69) is 30.5 Å². The molecule has 0 unspecified atom stereocenters. The predicted octanol–water partition coefficient (Wildman–Crippen LogP) is 2.54. The summed E-state index contributed by atoms with van der Waals surface area (Å²) in [5.41, 5.74) is 7.84. The molecule has 26 heavy (non-hydrogen) atoms. The molecule has 0 amide bonds. The Kier molecular flexibility index (Phi) is 5.49. The second kappa shape index (κ2) is 7.97. The van der Waals surface area contributed by atoms with Gasteiger partial charge < -0.3 is 23.5 Å². The normalized spacial score (nSPS) is 14.7. The molecule has 11 heteroatoms. The molecule has 0 bridgehead atoms. The molecule has 0 saturated heterocycles. The average molecular weight is 377 g/mol. The van der Waals surface area contributed by atoms with Gasteiger partial charge >= 0.3 is 5.97 Å². The minimum Gasteiger partial charge on any atom is -0.480 e. The number of carboxylic acid groups (broad SMARTS) is 1. The number of nitrogens with one attached hydrogen (secondary N) is 3. The maximum absolute atomic E-state index is 10.7. The van der Waals surface area contributed by atoms with E-state index in [1.54, 1.807) is 24.3 Å². The number of rotatable bonds is 8. The second-order valence-electron chi connectivity index (χ2n) is 5.64. The number of aromatic nitrogens is 2. The molecular formula is C15H17N6O4S-. The molecule has 1 aliphatic carbocycles. The zero-order valence-corrected chi connectivity index (χ0v) is 14.4. The van der Waals surface area contributed by atoms with Crippen LogP contribution in [0.2, 0.25) is 0 Å². The number of aliphatic carboxylic acids is 1. The first kappa shape index (κ1) is 17.9. The standard InChI is InChI=1S/C15H17N6O4S/c22-14(23)8-16-15-17-12(9-1-2-9)7-13(18-15)20-19-10-3-5-11(6-4-10)21-26(24)25/h3-7,9,19H,1-2,8H2,(H,22,23)(H,21,24,25)(H2,16,17,18,20)/q-1. The Bertz CT molecular complexity index is 878. The van der Waals surface area contributed by atoms with Crippen molar-refractivity contribution in [3.05, 3.63) is 36.0 Å². The quantitative estimate of drug-likeness (QED) is 0.266. The summed E-state index contributed by atoms with van der Waals surface area (Å²) in [5.74, 6) is 0.136. The van der Waals surface area contributed by atoms with Gasteiger partial charge in [0.25, 0.3) is 0 Å². The van der Waals surface area contributed by atoms with Gasteiger partial charge in [-0.3, -0.25) is 15.6 Å². The molecule has 1 aromatic carbocycles. The molecule has 0 atom stereocenters. The van der Waals surface area contributed by atoms with Crippen LogP contribution in [0.4, 0.5) is 23.1 Å². The number of hydrogen-bond donors (Lipinski definition) is 5. The fraction of sp³-hybridized carbons (Fsp3) is 0.267. The SMILES string of the molecule is O=C(O)CNc1nc(NNc2ccc(N=[S-](=O)O)cc2)cc(C2CC2)n1. The monoisotopic (exact) mass is 377 g/mol. The van der Waals surface area contributed by atoms with Crippen LogP contribution in [0.3, 0.4) is 0 Å². The van der Waals surface area contributed by atoms with E-state index in [1.165, 1.54) is 0 Å². The average Bonchev–Trinajstić information content (AvgIpc) is 3.44. The van der Waals surface area contributed by atoms with E-state index < -0.39 is 16.8 Å². The number of hydrazine groups is 1. The van der Waals surface area contributed by atoms with Gasteiger partial charge in [-0.15, -0.1) is 0 Å². The summed E-state index contributed by atoms with van der Waals surface area (Å²) in [5, 5.41) is 11.5. The molecule has 138 valence electrons. The first-order chi connectivity index (χ1) is 12.5. The third kappa shape index (κ3) is 5.29. The summed E-state index contributed by atoms with van der Waals surface area (Å²) in [4.78, 5) is 19.3. The van der Waals surface area contributed by atoms with Gasteiger partial charge in [0.05, 0.1) is 11.4 Å². The lowest BCUT2D eigenvalue weighted by Gasteiger charge is -2.12. The van der Waals surface area contributed by atoms with Gasteiger partial charge in [-0.2, -0.15) is 4.98 Å². The second-order valence-corrected chi connectivity index (χ2v) is 6.29. The molecule has 2 aromatic rings. The Labute approximate surface area is 151 Å². The molecule has 1 aliphatic rings. The number of anilines is 3. The fourth-order valence-electron chi connectivity index (χ4n) is 2.18. The van der Waals surface area contributed by atoms with Crippen LogP contribution in [0.1, 0.15) is 24.5 Å². The molecule has 0 spiro atoms. The van der Waals surface area contributed by atoms with Crippen molar-refractivity contribution in [2.75, 3.05) is 22.7 Å². The molecule has 1 aromatic heterocycles. The van der Waals surface area contributed by atoms with Crippen LogP contribution >= 0.6 is 0 Å². The van der Waals surface area contributed by atoms with Crippen LogP contribution in [0.25, 0.3) is 0 Å². The van der Waals surface area contributed by atoms with Crippen molar-refractivity contribution < 1.29 is 18.7 Å². The molecule has 1 fully saturated rings. The van der Waals surface area contributed by atoms with Gasteiger partial charge in [0.15, 0.2) is 0 Å². The summed E-state index contributed by atoms with van der Waals surface area (Å²) in [7, 11) is -2.24. The van der Waals surface area contributed by atoms with Gasteiger partial charge in [0, 0.05) is 17.7 Å². The third-order valence-corrected chi connectivity index (χ3v) is 3.89. The Balaban J connectivity index is 1.69. The highest BCUT2D eigenvalue weighted by molar-refractivity contribution is 7.68. The smallest absolute Gasteiger partial charge is 0.322 e. The van der Waals surface area contributed by atoms with Gasteiger partial charge in [0.2, 0.25) is 5.95 Å². The highest BCUT2D eigenvalue weighted by atomic mass is 32.2. The molecule has 10 nitrogen and oxygen atoms in total. The highest BCUT2D eigenvalue weighted by Gasteiger charge is 2.26. The summed E-state index contributed by atoms with van der Waals surface area (Å²) >= 11 is 0. The Morgan fingerprint density at radius 2 is 1.96 bits per heavy atom. The van der Waals surface area contributed by atoms with Crippen LogP contribution in [-0.2, 0) is 19.9 Å². The van der Waals surface area contributed by atoms with Crippen molar-refractivity contribution in [1.82, 2.24) is 9.97 Å². The van der Waals surface area contributed by atoms with Crippen LogP contribution in [-0.4, -0.2) is 32.1 Å². The van der Waals surface area contributed by atoms with Crippen molar-refractivity contribution in [2.24, 2.45) is 4.36 Å². The zero-order valence-electron chi connectivity index (χ0n) is 13.5. The van der Waals surface area contributed by atoms with Crippen molar-refractivity contribution >= 4 is 40.0 Å². The number of carbonyl (C=O) groups is 1. The number of nitrogens with zero attached hydrogens (tertiary/aromatic N) is 3. The number of benzene rings is 1. The minimum atomic E-state index is -2.24. The lowest BCUT2D eigenvalue weighted by Crippen LogP contribution is -2.16. The maximum atomic E-state index is 10.7. The van der Waals surface area contributed by atoms with Crippen molar-refractivity contribution in [3.63, 3.8) is 0 Å². The lowest BCUT2D eigenvalue weighted by atomic mass is 10.3. The molecule has 3 rings (SSSR count). The number of hydrogen-bond acceptors (Lipinski definition) is 9. The third-order valence-electron chi connectivity index (χ3n) is 3.53. The van der Waals surface area contributed by atoms with Crippen molar-refractivity contribution in [3.8, 4) is 0 Å². The predicted molar refractivity (Wildman–Crippen MR) is 96.6 cm³/mol. The Morgan fingerprint density at radius 1 is 1.23 bits per heavy atom. The van der Waals surface area contributed by atoms with E-state index in [4.69, 9.17) is 9.66 Å². The van der Waals surface area contributed by atoms with Gasteiger partial charge in [0.1, 0.15) is 12.4 Å². The van der Waals surface area contributed by atoms with Gasteiger partial charge in [-0.05, 0) is 37.1 Å². The molecule has 5 N–H and O–H groups in total. The minimum absolute atomic E-state index is 0.251. The van der Waals surface area contributed by atoms with Crippen LogP contribution in [0.15, 0.2) is 34.7 Å². The van der Waals surface area contributed by atoms with Crippen molar-refractivity contribution in [2.45, 2.75) is 18.8 Å². The largest absolute Gasteiger partial charge is 0.480 e. The van der Waals surface area contributed by atoms with E-state index >= 15 is 0 Å². The molecule has 0 radical (unpaired) electrons. The van der Waals surface area contributed by atoms with Crippen LogP contribution in [0.5, 0.6) is 0 Å². The summed E-state index contributed by atoms with van der Waals surface area (Å²) in [6, 6.07) is 8.37. The lowest BCUT2D eigenvalue weighted by molar-refractivity contribution is -0.134. The van der Waals surface area contributed by atoms with E-state index in [-0.39, 0.29) is 12.5 Å². The van der Waals surface area contributed by atoms with E-state index in [0.29, 0.717) is 23.1 Å². The first-order valence-corrected chi connectivity index (χ1v) is 8.85. The Hall–Kier alpha value is -2.92. The summed E-state index contributed by atoms with van der Waals surface area (Å²) in [6.45, 7) is -0.266. The van der Waals surface area contributed by atoms with Gasteiger partial charge in [-0.1, -0.05) is 10.9 Å². The molecule has 1 heterocycles. The summed E-state index contributed by atoms with van der Waals surface area (Å²) in [6.07, 6.45) is 2.11. The topological polar surface area (TPSA) is 149 Å². The van der Waals surface area contributed by atoms with Gasteiger partial charge in [-0.25, -0.2) is 4.98 Å².